The van der Waals surface area contributed by atoms with Crippen LogP contribution in [0.3, 0.4) is 0 Å². The summed E-state index contributed by atoms with van der Waals surface area (Å²) >= 11 is 8.90. The number of fused-ring (bicyclic) bond motifs is 1. The van der Waals surface area contributed by atoms with Crippen LogP contribution >= 0.6 is 34.9 Å². The first kappa shape index (κ1) is 18.3. The van der Waals surface area contributed by atoms with Gasteiger partial charge in [-0.05, 0) is 26.8 Å². The van der Waals surface area contributed by atoms with Crippen molar-refractivity contribution in [2.75, 3.05) is 6.61 Å². The van der Waals surface area contributed by atoms with Gasteiger partial charge in [0.2, 0.25) is 4.80 Å². The molecule has 6 nitrogen and oxygen atoms in total. The Balaban J connectivity index is 1.95. The normalized spacial score (nSPS) is 17.4. The summed E-state index contributed by atoms with van der Waals surface area (Å²) in [6, 6.07) is 2.05. The van der Waals surface area contributed by atoms with E-state index in [-0.39, 0.29) is 27.8 Å². The molecule has 0 radical (unpaired) electrons. The molecule has 2 heterocycles. The number of nitrogens with zero attached hydrogens (tertiary/aromatic N) is 4. The first-order chi connectivity index (χ1) is 11.8. The van der Waals surface area contributed by atoms with Crippen molar-refractivity contribution in [1.29, 1.82) is 0 Å². The van der Waals surface area contributed by atoms with Crippen LogP contribution in [-0.4, -0.2) is 26.3 Å². The molecule has 0 N–H and O–H groups in total. The lowest BCUT2D eigenvalue weighted by Gasteiger charge is -2.13. The Bertz CT molecular complexity index is 881. The fourth-order valence-corrected chi connectivity index (χ4v) is 4.39. The fraction of sp³-hybridized carbons (Fsp3) is 0.467. The second-order valence-corrected chi connectivity index (χ2v) is 9.12. The second kappa shape index (κ2) is 7.05. The van der Waals surface area contributed by atoms with Crippen molar-refractivity contribution in [3.05, 3.63) is 32.7 Å². The lowest BCUT2D eigenvalue weighted by Crippen LogP contribution is -2.21. The molecular weight excluding hydrogens is 387 g/mol. The van der Waals surface area contributed by atoms with Gasteiger partial charge in [-0.1, -0.05) is 28.5 Å². The summed E-state index contributed by atoms with van der Waals surface area (Å²) in [5, 5.41) is 3.86. The third kappa shape index (κ3) is 4.04. The fourth-order valence-electron chi connectivity index (χ4n) is 2.27. The molecular formula is C15H16ClFN4O2S2. The van der Waals surface area contributed by atoms with Gasteiger partial charge in [0.05, 0.1) is 5.02 Å². The van der Waals surface area contributed by atoms with Crippen LogP contribution in [0.2, 0.25) is 5.02 Å². The highest BCUT2D eigenvalue weighted by Crippen LogP contribution is 2.39. The predicted octanol–water partition coefficient (Wildman–Crippen LogP) is 4.39. The summed E-state index contributed by atoms with van der Waals surface area (Å²) in [5.74, 6) is -0.287. The zero-order valence-corrected chi connectivity index (χ0v) is 16.2. The molecule has 0 saturated carbocycles. The van der Waals surface area contributed by atoms with Crippen LogP contribution in [0, 0.1) is 10.7 Å². The molecule has 2 aromatic rings. The van der Waals surface area contributed by atoms with Gasteiger partial charge >= 0.3 is 0 Å². The molecule has 1 aliphatic heterocycles. The quantitative estimate of drug-likeness (QED) is 0.695. The Labute approximate surface area is 157 Å². The van der Waals surface area contributed by atoms with E-state index in [1.807, 2.05) is 4.57 Å². The van der Waals surface area contributed by atoms with E-state index < -0.39 is 11.9 Å². The zero-order valence-electron chi connectivity index (χ0n) is 13.8. The number of hydrogen-bond donors (Lipinski definition) is 0. The Morgan fingerprint density at radius 2 is 2.28 bits per heavy atom. The number of nitroso groups, excluding NO2 is 1. The van der Waals surface area contributed by atoms with Crippen LogP contribution in [0.4, 0.5) is 10.1 Å². The van der Waals surface area contributed by atoms with Gasteiger partial charge in [0, 0.05) is 28.9 Å². The van der Waals surface area contributed by atoms with Gasteiger partial charge in [0.15, 0.2) is 11.0 Å². The molecule has 1 unspecified atom stereocenters. The van der Waals surface area contributed by atoms with Crippen LogP contribution in [0.5, 0.6) is 5.75 Å². The molecule has 0 amide bonds. The Kier molecular flexibility index (Phi) is 5.17. The Morgan fingerprint density at radius 3 is 3.00 bits per heavy atom. The van der Waals surface area contributed by atoms with E-state index in [9.17, 15) is 9.30 Å². The largest absolute Gasteiger partial charge is 0.490 e. The first-order valence-corrected chi connectivity index (χ1v) is 9.50. The Morgan fingerprint density at radius 1 is 1.52 bits per heavy atom. The van der Waals surface area contributed by atoms with Gasteiger partial charge in [-0.3, -0.25) is 4.57 Å². The summed E-state index contributed by atoms with van der Waals surface area (Å²) in [6.07, 6.45) is 0. The molecule has 0 fully saturated rings. The van der Waals surface area contributed by atoms with Crippen molar-refractivity contribution in [3.8, 4) is 5.75 Å². The summed E-state index contributed by atoms with van der Waals surface area (Å²) in [5.41, 5.74) is 0.111. The van der Waals surface area contributed by atoms with E-state index in [4.69, 9.17) is 16.3 Å². The van der Waals surface area contributed by atoms with E-state index in [2.05, 4.69) is 28.4 Å². The molecule has 1 atom stereocenters. The topological polar surface area (TPSA) is 68.8 Å². The monoisotopic (exact) mass is 402 g/mol. The highest BCUT2D eigenvalue weighted by Gasteiger charge is 2.31. The van der Waals surface area contributed by atoms with E-state index in [0.29, 0.717) is 4.80 Å². The second-order valence-electron chi connectivity index (χ2n) is 6.31. The van der Waals surface area contributed by atoms with E-state index in [0.717, 1.165) is 17.8 Å². The molecule has 3 rings (SSSR count). The molecule has 0 spiro atoms. The highest BCUT2D eigenvalue weighted by molar-refractivity contribution is 8.00. The van der Waals surface area contributed by atoms with Crippen LogP contribution in [0.25, 0.3) is 0 Å². The zero-order chi connectivity index (χ0) is 18.2. The molecule has 134 valence electrons. The van der Waals surface area contributed by atoms with Crippen molar-refractivity contribution >= 4 is 40.6 Å². The minimum Gasteiger partial charge on any atom is -0.490 e. The molecule has 0 aliphatic carbocycles. The maximum absolute atomic E-state index is 14.3. The third-order valence-electron chi connectivity index (χ3n) is 3.45. The van der Waals surface area contributed by atoms with E-state index >= 15 is 0 Å². The first-order valence-electron chi connectivity index (χ1n) is 7.53. The van der Waals surface area contributed by atoms with E-state index in [1.54, 1.807) is 18.7 Å². The SMILES string of the molecule is CC(COc1cc(N=c2snc3n2CC(C)(C)S3)c(F)cc1Cl)N=O. The van der Waals surface area contributed by atoms with Crippen molar-refractivity contribution in [1.82, 2.24) is 8.94 Å². The van der Waals surface area contributed by atoms with Crippen molar-refractivity contribution in [3.63, 3.8) is 0 Å². The summed E-state index contributed by atoms with van der Waals surface area (Å²) < 4.78 is 26.1. The molecule has 10 heteroatoms. The minimum absolute atomic E-state index is 0.0331. The standard InChI is InChI=1S/C15H16ClFN4O2S2/c1-8(19-22)6-23-12-5-11(10(17)4-9(12)16)18-13-21-7-15(2,3)24-14(21)20-25-13/h4-5,8H,6-7H2,1-3H3. The number of rotatable bonds is 5. The average molecular weight is 403 g/mol. The van der Waals surface area contributed by atoms with Crippen molar-refractivity contribution < 1.29 is 9.13 Å². The lowest BCUT2D eigenvalue weighted by molar-refractivity contribution is 0.296. The molecule has 0 bridgehead atoms. The molecule has 0 saturated heterocycles. The van der Waals surface area contributed by atoms with Gasteiger partial charge < -0.3 is 4.74 Å². The van der Waals surface area contributed by atoms with Crippen LogP contribution < -0.4 is 9.54 Å². The summed E-state index contributed by atoms with van der Waals surface area (Å²) in [7, 11) is 0. The number of benzene rings is 1. The van der Waals surface area contributed by atoms with Gasteiger partial charge in [-0.25, -0.2) is 9.38 Å². The number of thioether (sulfide) groups is 1. The third-order valence-corrected chi connectivity index (χ3v) is 5.78. The minimum atomic E-state index is -0.549. The lowest BCUT2D eigenvalue weighted by atomic mass is 10.2. The molecule has 1 aromatic heterocycles. The van der Waals surface area contributed by atoms with Crippen LogP contribution in [0.1, 0.15) is 20.8 Å². The van der Waals surface area contributed by atoms with Crippen LogP contribution in [-0.2, 0) is 6.54 Å². The number of hydrogen-bond acceptors (Lipinski definition) is 7. The summed E-state index contributed by atoms with van der Waals surface area (Å²) in [4.78, 5) is 15.5. The van der Waals surface area contributed by atoms with Crippen molar-refractivity contribution in [2.24, 2.45) is 10.2 Å². The number of ether oxygens (including phenoxy) is 1. The van der Waals surface area contributed by atoms with Gasteiger partial charge in [0.1, 0.15) is 24.1 Å². The average Bonchev–Trinajstić information content (AvgIpc) is 3.04. The summed E-state index contributed by atoms with van der Waals surface area (Å²) in [6.45, 7) is 6.68. The Hall–Kier alpha value is -1.45. The maximum atomic E-state index is 14.3. The van der Waals surface area contributed by atoms with Gasteiger partial charge in [0.25, 0.3) is 0 Å². The van der Waals surface area contributed by atoms with Gasteiger partial charge in [-0.15, -0.1) is 0 Å². The van der Waals surface area contributed by atoms with Crippen LogP contribution in [0.15, 0.2) is 27.5 Å². The smallest absolute Gasteiger partial charge is 0.210 e. The molecule has 1 aromatic carbocycles. The number of aromatic nitrogens is 2. The predicted molar refractivity (Wildman–Crippen MR) is 97.4 cm³/mol. The molecule has 25 heavy (non-hydrogen) atoms. The molecule has 1 aliphatic rings. The van der Waals surface area contributed by atoms with E-state index in [1.165, 1.54) is 17.6 Å². The maximum Gasteiger partial charge on any atom is 0.210 e. The van der Waals surface area contributed by atoms with Crippen molar-refractivity contribution in [2.45, 2.75) is 43.3 Å². The number of halogens is 2. The van der Waals surface area contributed by atoms with Gasteiger partial charge in [-0.2, -0.15) is 9.28 Å². The highest BCUT2D eigenvalue weighted by atomic mass is 35.5.